The van der Waals surface area contributed by atoms with E-state index in [4.69, 9.17) is 0 Å². The Morgan fingerprint density at radius 3 is 2.67 bits per heavy atom. The summed E-state index contributed by atoms with van der Waals surface area (Å²) in [5, 5.41) is 0. The van der Waals surface area contributed by atoms with E-state index in [0.29, 0.717) is 5.91 Å². The maximum absolute atomic E-state index is 11.6. The molecule has 1 unspecified atom stereocenters. The van der Waals surface area contributed by atoms with Crippen LogP contribution in [0.2, 0.25) is 0 Å². The van der Waals surface area contributed by atoms with Crippen molar-refractivity contribution in [2.45, 2.75) is 26.2 Å². The predicted molar refractivity (Wildman–Crippen MR) is 49.8 cm³/mol. The van der Waals surface area contributed by atoms with Crippen LogP contribution in [0.3, 0.4) is 0 Å². The first-order chi connectivity index (χ1) is 5.75. The minimum Gasteiger partial charge on any atom is -0.342 e. The van der Waals surface area contributed by atoms with Crippen molar-refractivity contribution < 1.29 is 4.79 Å². The fourth-order valence-electron chi connectivity index (χ4n) is 1.60. The van der Waals surface area contributed by atoms with Crippen molar-refractivity contribution in [3.63, 3.8) is 0 Å². The maximum Gasteiger partial charge on any atom is 0.225 e. The average Bonchev–Trinajstić information content (AvgIpc) is 2.55. The van der Waals surface area contributed by atoms with Crippen molar-refractivity contribution in [3.8, 4) is 0 Å². The van der Waals surface area contributed by atoms with Crippen molar-refractivity contribution in [2.75, 3.05) is 13.1 Å². The van der Waals surface area contributed by atoms with E-state index in [1.54, 1.807) is 0 Å². The van der Waals surface area contributed by atoms with Gasteiger partial charge in [0.2, 0.25) is 5.91 Å². The molecule has 68 valence electrons. The number of hydrogen-bond acceptors (Lipinski definition) is 1. The summed E-state index contributed by atoms with van der Waals surface area (Å²) in [6, 6.07) is 0. The lowest BCUT2D eigenvalue weighted by molar-refractivity contribution is -0.133. The van der Waals surface area contributed by atoms with Crippen molar-refractivity contribution >= 4 is 5.91 Å². The van der Waals surface area contributed by atoms with Crippen molar-refractivity contribution in [2.24, 2.45) is 5.92 Å². The second kappa shape index (κ2) is 4.29. The fourth-order valence-corrected chi connectivity index (χ4v) is 1.60. The number of hydrogen-bond donors (Lipinski definition) is 0. The molecule has 1 heterocycles. The summed E-state index contributed by atoms with van der Waals surface area (Å²) in [6.45, 7) is 7.53. The number of rotatable bonds is 3. The van der Waals surface area contributed by atoms with Crippen molar-refractivity contribution in [3.05, 3.63) is 12.7 Å². The zero-order chi connectivity index (χ0) is 8.97. The molecule has 0 aromatic carbocycles. The minimum atomic E-state index is 0.126. The topological polar surface area (TPSA) is 20.3 Å². The molecule has 0 bridgehead atoms. The summed E-state index contributed by atoms with van der Waals surface area (Å²) in [4.78, 5) is 13.6. The van der Waals surface area contributed by atoms with Gasteiger partial charge in [0.05, 0.1) is 0 Å². The monoisotopic (exact) mass is 167 g/mol. The Balaban J connectivity index is 2.39. The standard InChI is InChI=1S/C10H17NO/c1-3-6-9(2)10(12)11-7-4-5-8-11/h3,9H,1,4-8H2,2H3. The minimum absolute atomic E-state index is 0.126. The zero-order valence-electron chi connectivity index (χ0n) is 7.75. The van der Waals surface area contributed by atoms with Gasteiger partial charge < -0.3 is 4.90 Å². The van der Waals surface area contributed by atoms with E-state index in [2.05, 4.69) is 6.58 Å². The Morgan fingerprint density at radius 2 is 2.17 bits per heavy atom. The number of carbonyl (C=O) groups excluding carboxylic acids is 1. The zero-order valence-corrected chi connectivity index (χ0v) is 7.75. The molecule has 2 heteroatoms. The molecule has 2 nitrogen and oxygen atoms in total. The molecule has 0 aromatic rings. The van der Waals surface area contributed by atoms with Gasteiger partial charge in [-0.15, -0.1) is 6.58 Å². The lowest BCUT2D eigenvalue weighted by Crippen LogP contribution is -2.32. The summed E-state index contributed by atoms with van der Waals surface area (Å²) < 4.78 is 0. The number of carbonyl (C=O) groups is 1. The van der Waals surface area contributed by atoms with Gasteiger partial charge in [0.25, 0.3) is 0 Å². The number of nitrogens with zero attached hydrogens (tertiary/aromatic N) is 1. The SMILES string of the molecule is C=CCC(C)C(=O)N1CCCC1. The first-order valence-electron chi connectivity index (χ1n) is 4.65. The smallest absolute Gasteiger partial charge is 0.225 e. The van der Waals surface area contributed by atoms with Gasteiger partial charge in [-0.2, -0.15) is 0 Å². The molecule has 0 N–H and O–H groups in total. The summed E-state index contributed by atoms with van der Waals surface area (Å²) in [7, 11) is 0. The molecule has 1 atom stereocenters. The Bertz CT molecular complexity index is 171. The van der Waals surface area contributed by atoms with E-state index >= 15 is 0 Å². The van der Waals surface area contributed by atoms with Gasteiger partial charge in [-0.25, -0.2) is 0 Å². The summed E-state index contributed by atoms with van der Waals surface area (Å²) in [5.41, 5.74) is 0. The number of amides is 1. The lowest BCUT2D eigenvalue weighted by Gasteiger charge is -2.19. The summed E-state index contributed by atoms with van der Waals surface area (Å²) in [5.74, 6) is 0.424. The normalized spacial score (nSPS) is 19.2. The van der Waals surface area contributed by atoms with Crippen LogP contribution in [0.15, 0.2) is 12.7 Å². The summed E-state index contributed by atoms with van der Waals surface area (Å²) in [6.07, 6.45) is 4.97. The van der Waals surface area contributed by atoms with Crippen LogP contribution in [0.4, 0.5) is 0 Å². The highest BCUT2D eigenvalue weighted by molar-refractivity contribution is 5.78. The van der Waals surface area contributed by atoms with Crippen LogP contribution in [0.1, 0.15) is 26.2 Å². The first-order valence-corrected chi connectivity index (χ1v) is 4.65. The maximum atomic E-state index is 11.6. The van der Waals surface area contributed by atoms with Crippen LogP contribution in [-0.2, 0) is 4.79 Å². The molecule has 0 spiro atoms. The third-order valence-electron chi connectivity index (χ3n) is 2.36. The lowest BCUT2D eigenvalue weighted by atomic mass is 10.1. The third-order valence-corrected chi connectivity index (χ3v) is 2.36. The molecule has 1 saturated heterocycles. The third kappa shape index (κ3) is 2.10. The van der Waals surface area contributed by atoms with Gasteiger partial charge in [0, 0.05) is 19.0 Å². The molecular formula is C10H17NO. The van der Waals surface area contributed by atoms with Gasteiger partial charge in [0.1, 0.15) is 0 Å². The highest BCUT2D eigenvalue weighted by Crippen LogP contribution is 2.13. The van der Waals surface area contributed by atoms with E-state index in [1.165, 1.54) is 12.8 Å². The molecular weight excluding hydrogens is 150 g/mol. The molecule has 1 amide bonds. The number of likely N-dealkylation sites (tertiary alicyclic amines) is 1. The highest BCUT2D eigenvalue weighted by atomic mass is 16.2. The van der Waals surface area contributed by atoms with Gasteiger partial charge in [-0.1, -0.05) is 13.0 Å². The molecule has 1 rings (SSSR count). The molecule has 1 aliphatic rings. The van der Waals surface area contributed by atoms with E-state index in [0.717, 1.165) is 19.5 Å². The molecule has 0 saturated carbocycles. The van der Waals surface area contributed by atoms with Crippen LogP contribution in [0, 0.1) is 5.92 Å². The molecule has 0 aromatic heterocycles. The molecule has 0 radical (unpaired) electrons. The molecule has 1 aliphatic heterocycles. The van der Waals surface area contributed by atoms with Gasteiger partial charge in [-0.3, -0.25) is 4.79 Å². The van der Waals surface area contributed by atoms with Crippen molar-refractivity contribution in [1.29, 1.82) is 0 Å². The van der Waals surface area contributed by atoms with E-state index in [-0.39, 0.29) is 5.92 Å². The average molecular weight is 167 g/mol. The van der Waals surface area contributed by atoms with Crippen LogP contribution in [0.25, 0.3) is 0 Å². The predicted octanol–water partition coefficient (Wildman–Crippen LogP) is 1.82. The van der Waals surface area contributed by atoms with Gasteiger partial charge in [-0.05, 0) is 19.3 Å². The first kappa shape index (κ1) is 9.30. The molecule has 0 aliphatic carbocycles. The highest BCUT2D eigenvalue weighted by Gasteiger charge is 2.21. The Labute approximate surface area is 74.2 Å². The second-order valence-electron chi connectivity index (χ2n) is 3.46. The van der Waals surface area contributed by atoms with Crippen LogP contribution in [-0.4, -0.2) is 23.9 Å². The van der Waals surface area contributed by atoms with Crippen molar-refractivity contribution in [1.82, 2.24) is 4.90 Å². The Kier molecular flexibility index (Phi) is 3.32. The van der Waals surface area contributed by atoms with Crippen LogP contribution < -0.4 is 0 Å². The fraction of sp³-hybridized carbons (Fsp3) is 0.700. The largest absolute Gasteiger partial charge is 0.342 e. The van der Waals surface area contributed by atoms with E-state index in [9.17, 15) is 4.79 Å². The second-order valence-corrected chi connectivity index (χ2v) is 3.46. The summed E-state index contributed by atoms with van der Waals surface area (Å²) >= 11 is 0. The molecule has 12 heavy (non-hydrogen) atoms. The van der Waals surface area contributed by atoms with Gasteiger partial charge >= 0.3 is 0 Å². The quantitative estimate of drug-likeness (QED) is 0.587. The Morgan fingerprint density at radius 1 is 1.58 bits per heavy atom. The van der Waals surface area contributed by atoms with Crippen LogP contribution >= 0.6 is 0 Å². The van der Waals surface area contributed by atoms with Gasteiger partial charge in [0.15, 0.2) is 0 Å². The Hall–Kier alpha value is -0.790. The van der Waals surface area contributed by atoms with E-state index in [1.807, 2.05) is 17.9 Å². The number of allylic oxidation sites excluding steroid dienone is 1. The molecule has 1 fully saturated rings. The van der Waals surface area contributed by atoms with Crippen LogP contribution in [0.5, 0.6) is 0 Å². The van der Waals surface area contributed by atoms with E-state index < -0.39 is 0 Å².